The van der Waals surface area contributed by atoms with Crippen LogP contribution in [0.1, 0.15) is 56.2 Å². The zero-order chi connectivity index (χ0) is 13.1. The molecule has 0 aliphatic heterocycles. The van der Waals surface area contributed by atoms with Crippen molar-refractivity contribution in [2.24, 2.45) is 0 Å². The molecule has 1 aromatic rings. The fourth-order valence-electron chi connectivity index (χ4n) is 2.57. The SMILES string of the molecule is Cc1nc(OC2CCCCC2)ncc1CNC1CC1. The molecule has 1 heterocycles. The van der Waals surface area contributed by atoms with Gasteiger partial charge in [0.05, 0.1) is 0 Å². The predicted octanol–water partition coefficient (Wildman–Crippen LogP) is 2.75. The van der Waals surface area contributed by atoms with Crippen LogP contribution in [0.4, 0.5) is 0 Å². The molecule has 0 atom stereocenters. The molecule has 0 aromatic carbocycles. The van der Waals surface area contributed by atoms with E-state index in [0.717, 1.165) is 31.1 Å². The first kappa shape index (κ1) is 12.9. The lowest BCUT2D eigenvalue weighted by atomic mass is 9.98. The van der Waals surface area contributed by atoms with Crippen molar-refractivity contribution >= 4 is 0 Å². The van der Waals surface area contributed by atoms with Gasteiger partial charge in [-0.2, -0.15) is 0 Å². The molecular weight excluding hydrogens is 238 g/mol. The van der Waals surface area contributed by atoms with Gasteiger partial charge in [0.1, 0.15) is 6.10 Å². The molecule has 1 aromatic heterocycles. The van der Waals surface area contributed by atoms with Gasteiger partial charge in [0.25, 0.3) is 0 Å². The Balaban J connectivity index is 1.57. The van der Waals surface area contributed by atoms with E-state index in [4.69, 9.17) is 4.74 Å². The van der Waals surface area contributed by atoms with Gasteiger partial charge in [-0.25, -0.2) is 9.97 Å². The first-order valence-corrected chi connectivity index (χ1v) is 7.54. The quantitative estimate of drug-likeness (QED) is 0.885. The zero-order valence-electron chi connectivity index (χ0n) is 11.7. The highest BCUT2D eigenvalue weighted by atomic mass is 16.5. The lowest BCUT2D eigenvalue weighted by Gasteiger charge is -2.21. The Morgan fingerprint density at radius 3 is 2.68 bits per heavy atom. The Labute approximate surface area is 115 Å². The second kappa shape index (κ2) is 5.87. The molecule has 0 saturated heterocycles. The second-order valence-electron chi connectivity index (χ2n) is 5.80. The van der Waals surface area contributed by atoms with Crippen LogP contribution in [0.5, 0.6) is 6.01 Å². The molecule has 2 aliphatic carbocycles. The molecule has 1 N–H and O–H groups in total. The summed E-state index contributed by atoms with van der Waals surface area (Å²) in [5.41, 5.74) is 2.22. The van der Waals surface area contributed by atoms with Gasteiger partial charge < -0.3 is 10.1 Å². The maximum atomic E-state index is 5.89. The largest absolute Gasteiger partial charge is 0.460 e. The summed E-state index contributed by atoms with van der Waals surface area (Å²) in [6.07, 6.45) is 11.0. The van der Waals surface area contributed by atoms with Crippen LogP contribution in [-0.4, -0.2) is 22.1 Å². The number of aromatic nitrogens is 2. The Morgan fingerprint density at radius 2 is 2.00 bits per heavy atom. The normalized spacial score (nSPS) is 20.5. The van der Waals surface area contributed by atoms with E-state index < -0.39 is 0 Å². The molecule has 4 nitrogen and oxygen atoms in total. The number of aryl methyl sites for hydroxylation is 1. The average Bonchev–Trinajstić information content (AvgIpc) is 3.23. The summed E-state index contributed by atoms with van der Waals surface area (Å²) in [6, 6.07) is 1.28. The van der Waals surface area contributed by atoms with E-state index in [1.54, 1.807) is 0 Å². The van der Waals surface area contributed by atoms with E-state index in [1.807, 2.05) is 13.1 Å². The van der Waals surface area contributed by atoms with Gasteiger partial charge in [-0.15, -0.1) is 0 Å². The molecule has 0 radical (unpaired) electrons. The Hall–Kier alpha value is -1.16. The molecular formula is C15H23N3O. The van der Waals surface area contributed by atoms with Crippen LogP contribution in [0.2, 0.25) is 0 Å². The summed E-state index contributed by atoms with van der Waals surface area (Å²) >= 11 is 0. The van der Waals surface area contributed by atoms with Crippen molar-refractivity contribution in [2.45, 2.75) is 70.6 Å². The summed E-state index contributed by atoms with van der Waals surface area (Å²) < 4.78 is 5.89. The van der Waals surface area contributed by atoms with Gasteiger partial charge >= 0.3 is 6.01 Å². The Morgan fingerprint density at radius 1 is 1.21 bits per heavy atom. The number of ether oxygens (including phenoxy) is 1. The fraction of sp³-hybridized carbons (Fsp3) is 0.733. The van der Waals surface area contributed by atoms with E-state index in [1.165, 1.54) is 37.7 Å². The lowest BCUT2D eigenvalue weighted by Crippen LogP contribution is -2.21. The fourth-order valence-corrected chi connectivity index (χ4v) is 2.57. The molecule has 104 valence electrons. The maximum absolute atomic E-state index is 5.89. The summed E-state index contributed by atoms with van der Waals surface area (Å²) in [4.78, 5) is 8.85. The molecule has 0 amide bonds. The van der Waals surface area contributed by atoms with Gasteiger partial charge in [-0.1, -0.05) is 6.42 Å². The van der Waals surface area contributed by atoms with E-state index in [-0.39, 0.29) is 0 Å². The van der Waals surface area contributed by atoms with Crippen LogP contribution in [0.3, 0.4) is 0 Å². The number of rotatable bonds is 5. The zero-order valence-corrected chi connectivity index (χ0v) is 11.7. The number of hydrogen-bond acceptors (Lipinski definition) is 4. The first-order chi connectivity index (χ1) is 9.31. The molecule has 3 rings (SSSR count). The van der Waals surface area contributed by atoms with Crippen molar-refractivity contribution in [1.29, 1.82) is 0 Å². The van der Waals surface area contributed by atoms with Gasteiger partial charge in [-0.3, -0.25) is 0 Å². The first-order valence-electron chi connectivity index (χ1n) is 7.54. The third-order valence-corrected chi connectivity index (χ3v) is 4.04. The van der Waals surface area contributed by atoms with E-state index in [0.29, 0.717) is 12.1 Å². The minimum atomic E-state index is 0.323. The number of nitrogens with zero attached hydrogens (tertiary/aromatic N) is 2. The Bertz CT molecular complexity index is 425. The minimum absolute atomic E-state index is 0.323. The van der Waals surface area contributed by atoms with Crippen LogP contribution in [-0.2, 0) is 6.54 Å². The van der Waals surface area contributed by atoms with Crippen LogP contribution >= 0.6 is 0 Å². The molecule has 2 aliphatic rings. The second-order valence-corrected chi connectivity index (χ2v) is 5.80. The van der Waals surface area contributed by atoms with E-state index in [2.05, 4.69) is 15.3 Å². The van der Waals surface area contributed by atoms with Crippen molar-refractivity contribution in [3.8, 4) is 6.01 Å². The molecule has 4 heteroatoms. The molecule has 2 saturated carbocycles. The van der Waals surface area contributed by atoms with Crippen LogP contribution < -0.4 is 10.1 Å². The van der Waals surface area contributed by atoms with Crippen molar-refractivity contribution in [3.63, 3.8) is 0 Å². The van der Waals surface area contributed by atoms with Gasteiger partial charge in [0.2, 0.25) is 0 Å². The van der Waals surface area contributed by atoms with Crippen LogP contribution in [0.15, 0.2) is 6.20 Å². The highest BCUT2D eigenvalue weighted by molar-refractivity contribution is 5.18. The van der Waals surface area contributed by atoms with Crippen LogP contribution in [0.25, 0.3) is 0 Å². The summed E-state index contributed by atoms with van der Waals surface area (Å²) in [6.45, 7) is 2.92. The van der Waals surface area contributed by atoms with Gasteiger partial charge in [-0.05, 0) is 45.4 Å². The van der Waals surface area contributed by atoms with Crippen molar-refractivity contribution < 1.29 is 4.74 Å². The summed E-state index contributed by atoms with van der Waals surface area (Å²) in [5, 5.41) is 3.49. The monoisotopic (exact) mass is 261 g/mol. The highest BCUT2D eigenvalue weighted by Gasteiger charge is 2.21. The standard InChI is InChI=1S/C15H23N3O/c1-11-12(9-16-13-7-8-13)10-17-15(18-11)19-14-5-3-2-4-6-14/h10,13-14,16H,2-9H2,1H3. The van der Waals surface area contributed by atoms with E-state index >= 15 is 0 Å². The molecule has 19 heavy (non-hydrogen) atoms. The predicted molar refractivity (Wildman–Crippen MR) is 74.1 cm³/mol. The average molecular weight is 261 g/mol. The smallest absolute Gasteiger partial charge is 0.316 e. The third kappa shape index (κ3) is 3.66. The molecule has 0 bridgehead atoms. The Kier molecular flexibility index (Phi) is 3.97. The topological polar surface area (TPSA) is 47.0 Å². The number of nitrogens with one attached hydrogen (secondary N) is 1. The summed E-state index contributed by atoms with van der Waals surface area (Å²) in [7, 11) is 0. The number of hydrogen-bond donors (Lipinski definition) is 1. The minimum Gasteiger partial charge on any atom is -0.460 e. The maximum Gasteiger partial charge on any atom is 0.316 e. The lowest BCUT2D eigenvalue weighted by molar-refractivity contribution is 0.141. The summed E-state index contributed by atoms with van der Waals surface area (Å²) in [5.74, 6) is 0. The highest BCUT2D eigenvalue weighted by Crippen LogP contribution is 2.22. The van der Waals surface area contributed by atoms with E-state index in [9.17, 15) is 0 Å². The van der Waals surface area contributed by atoms with Gasteiger partial charge in [0, 0.05) is 30.0 Å². The molecule has 2 fully saturated rings. The van der Waals surface area contributed by atoms with Crippen molar-refractivity contribution in [1.82, 2.24) is 15.3 Å². The third-order valence-electron chi connectivity index (χ3n) is 4.04. The molecule has 0 spiro atoms. The van der Waals surface area contributed by atoms with Gasteiger partial charge in [0.15, 0.2) is 0 Å². The molecule has 0 unspecified atom stereocenters. The van der Waals surface area contributed by atoms with Crippen molar-refractivity contribution in [2.75, 3.05) is 0 Å². The van der Waals surface area contributed by atoms with Crippen molar-refractivity contribution in [3.05, 3.63) is 17.5 Å². The van der Waals surface area contributed by atoms with Crippen LogP contribution in [0, 0.1) is 6.92 Å².